The molecule has 0 saturated carbocycles. The lowest BCUT2D eigenvalue weighted by atomic mass is 9.99. The molecule has 0 aliphatic carbocycles. The fraction of sp³-hybridized carbons (Fsp3) is 0.500. The number of likely N-dealkylation sites (tertiary alicyclic amines) is 1. The zero-order valence-corrected chi connectivity index (χ0v) is 11.4. The number of amides is 1. The van der Waals surface area contributed by atoms with Crippen LogP contribution in [0.1, 0.15) is 30.1 Å². The summed E-state index contributed by atoms with van der Waals surface area (Å²) in [5.74, 6) is -0.354. The first kappa shape index (κ1) is 14.3. The predicted molar refractivity (Wildman–Crippen MR) is 72.3 cm³/mol. The maximum Gasteiger partial charge on any atom is 0.344 e. The number of pyridine rings is 1. The van der Waals surface area contributed by atoms with Crippen LogP contribution in [0.3, 0.4) is 0 Å². The highest BCUT2D eigenvalue weighted by molar-refractivity contribution is 5.90. The number of rotatable bonds is 3. The third-order valence-electron chi connectivity index (χ3n) is 3.50. The minimum absolute atomic E-state index is 0.0902. The summed E-state index contributed by atoms with van der Waals surface area (Å²) in [7, 11) is 0. The molecule has 1 N–H and O–H groups in total. The maximum atomic E-state index is 11.9. The van der Waals surface area contributed by atoms with Gasteiger partial charge < -0.3 is 14.6 Å². The molecule has 6 nitrogen and oxygen atoms in total. The van der Waals surface area contributed by atoms with Gasteiger partial charge in [-0.25, -0.2) is 4.79 Å². The van der Waals surface area contributed by atoms with Crippen molar-refractivity contribution in [1.29, 1.82) is 0 Å². The van der Waals surface area contributed by atoms with Gasteiger partial charge in [0, 0.05) is 19.3 Å². The number of carbonyl (C=O) groups is 2. The molecule has 1 aromatic heterocycles. The summed E-state index contributed by atoms with van der Waals surface area (Å²) in [5, 5.41) is 0. The Morgan fingerprint density at radius 3 is 2.75 bits per heavy atom. The molecule has 1 aliphatic rings. The number of nitrogens with zero attached hydrogens (tertiary/aromatic N) is 1. The summed E-state index contributed by atoms with van der Waals surface area (Å²) >= 11 is 0. The van der Waals surface area contributed by atoms with Crippen LogP contribution in [0, 0.1) is 5.92 Å². The van der Waals surface area contributed by atoms with Crippen LogP contribution in [0.2, 0.25) is 0 Å². The number of nitrogens with one attached hydrogen (secondary N) is 1. The molecule has 108 valence electrons. The Bertz CT molecular complexity index is 544. The van der Waals surface area contributed by atoms with Crippen LogP contribution in [-0.2, 0) is 9.53 Å². The lowest BCUT2D eigenvalue weighted by Gasteiger charge is -2.30. The van der Waals surface area contributed by atoms with Crippen LogP contribution < -0.4 is 5.56 Å². The van der Waals surface area contributed by atoms with Gasteiger partial charge in [0.15, 0.2) is 6.61 Å². The SMILES string of the molecule is CC1CCN(C(=O)COC(=O)c2ccc[nH]c2=O)CC1. The van der Waals surface area contributed by atoms with E-state index in [1.807, 2.05) is 0 Å². The Kier molecular flexibility index (Phi) is 4.55. The molecule has 6 heteroatoms. The quantitative estimate of drug-likeness (QED) is 0.829. The Balaban J connectivity index is 1.86. The average molecular weight is 278 g/mol. The maximum absolute atomic E-state index is 11.9. The molecule has 2 heterocycles. The molecule has 0 unspecified atom stereocenters. The van der Waals surface area contributed by atoms with E-state index in [0.29, 0.717) is 19.0 Å². The van der Waals surface area contributed by atoms with Crippen molar-refractivity contribution < 1.29 is 14.3 Å². The fourth-order valence-corrected chi connectivity index (χ4v) is 2.14. The molecule has 0 aromatic carbocycles. The number of hydrogen-bond acceptors (Lipinski definition) is 4. The van der Waals surface area contributed by atoms with Crippen molar-refractivity contribution in [3.8, 4) is 0 Å². The molecule has 0 spiro atoms. The summed E-state index contributed by atoms with van der Waals surface area (Å²) < 4.78 is 4.90. The molecular weight excluding hydrogens is 260 g/mol. The van der Waals surface area contributed by atoms with Crippen LogP contribution in [0.5, 0.6) is 0 Å². The molecule has 1 aromatic rings. The van der Waals surface area contributed by atoms with E-state index in [-0.39, 0.29) is 18.1 Å². The van der Waals surface area contributed by atoms with E-state index in [1.54, 1.807) is 4.90 Å². The van der Waals surface area contributed by atoms with Crippen molar-refractivity contribution in [2.45, 2.75) is 19.8 Å². The van der Waals surface area contributed by atoms with Crippen molar-refractivity contribution >= 4 is 11.9 Å². The zero-order chi connectivity index (χ0) is 14.5. The van der Waals surface area contributed by atoms with Gasteiger partial charge in [0.25, 0.3) is 11.5 Å². The molecule has 1 fully saturated rings. The standard InChI is InChI=1S/C14H18N2O4/c1-10-4-7-16(8-5-10)12(17)9-20-14(19)11-3-2-6-15-13(11)18/h2-3,6,10H,4-5,7-9H2,1H3,(H,15,18). The summed E-state index contributed by atoms with van der Waals surface area (Å²) in [4.78, 5) is 39.1. The van der Waals surface area contributed by atoms with E-state index in [4.69, 9.17) is 4.74 Å². The van der Waals surface area contributed by atoms with Crippen LogP contribution in [-0.4, -0.2) is 41.5 Å². The highest BCUT2D eigenvalue weighted by Gasteiger charge is 2.21. The molecule has 2 rings (SSSR count). The van der Waals surface area contributed by atoms with E-state index >= 15 is 0 Å². The first-order valence-electron chi connectivity index (χ1n) is 6.70. The van der Waals surface area contributed by atoms with Crippen molar-refractivity contribution in [2.24, 2.45) is 5.92 Å². The van der Waals surface area contributed by atoms with Crippen molar-refractivity contribution in [3.05, 3.63) is 34.2 Å². The van der Waals surface area contributed by atoms with Crippen LogP contribution in [0.4, 0.5) is 0 Å². The Hall–Kier alpha value is -2.11. The highest BCUT2D eigenvalue weighted by atomic mass is 16.5. The van der Waals surface area contributed by atoms with Gasteiger partial charge in [0.2, 0.25) is 0 Å². The van der Waals surface area contributed by atoms with Gasteiger partial charge in [-0.1, -0.05) is 6.92 Å². The van der Waals surface area contributed by atoms with E-state index < -0.39 is 11.5 Å². The third-order valence-corrected chi connectivity index (χ3v) is 3.50. The minimum Gasteiger partial charge on any atom is -0.452 e. The van der Waals surface area contributed by atoms with E-state index in [0.717, 1.165) is 12.8 Å². The van der Waals surface area contributed by atoms with E-state index in [9.17, 15) is 14.4 Å². The van der Waals surface area contributed by atoms with Crippen molar-refractivity contribution in [1.82, 2.24) is 9.88 Å². The predicted octanol–water partition coefficient (Wildman–Crippen LogP) is 0.790. The summed E-state index contributed by atoms with van der Waals surface area (Å²) in [6.07, 6.45) is 3.37. The van der Waals surface area contributed by atoms with Gasteiger partial charge in [-0.15, -0.1) is 0 Å². The number of piperidine rings is 1. The summed E-state index contributed by atoms with van der Waals surface area (Å²) in [5.41, 5.74) is -0.607. The summed E-state index contributed by atoms with van der Waals surface area (Å²) in [6.45, 7) is 3.23. The second-order valence-electron chi connectivity index (χ2n) is 5.05. The number of H-pyrrole nitrogens is 1. The second-order valence-corrected chi connectivity index (χ2v) is 5.05. The average Bonchev–Trinajstić information content (AvgIpc) is 2.45. The van der Waals surface area contributed by atoms with Crippen LogP contribution in [0.15, 0.2) is 23.1 Å². The fourth-order valence-electron chi connectivity index (χ4n) is 2.14. The molecule has 0 radical (unpaired) electrons. The minimum atomic E-state index is -0.773. The van der Waals surface area contributed by atoms with Gasteiger partial charge in [-0.2, -0.15) is 0 Å². The Morgan fingerprint density at radius 1 is 1.40 bits per heavy atom. The summed E-state index contributed by atoms with van der Waals surface area (Å²) in [6, 6.07) is 2.90. The third kappa shape index (κ3) is 3.46. The van der Waals surface area contributed by atoms with Gasteiger partial charge in [0.1, 0.15) is 5.56 Å². The molecule has 1 aliphatic heterocycles. The first-order chi connectivity index (χ1) is 9.58. The molecule has 0 bridgehead atoms. The van der Waals surface area contributed by atoms with Gasteiger partial charge >= 0.3 is 5.97 Å². The molecule has 1 saturated heterocycles. The zero-order valence-electron chi connectivity index (χ0n) is 11.4. The molecular formula is C14H18N2O4. The van der Waals surface area contributed by atoms with Gasteiger partial charge in [0.05, 0.1) is 0 Å². The molecule has 20 heavy (non-hydrogen) atoms. The second kappa shape index (κ2) is 6.36. The smallest absolute Gasteiger partial charge is 0.344 e. The monoisotopic (exact) mass is 278 g/mol. The Morgan fingerprint density at radius 2 is 2.10 bits per heavy atom. The van der Waals surface area contributed by atoms with Gasteiger partial charge in [-0.05, 0) is 30.9 Å². The molecule has 1 amide bonds. The number of aromatic nitrogens is 1. The van der Waals surface area contributed by atoms with Crippen LogP contribution >= 0.6 is 0 Å². The van der Waals surface area contributed by atoms with Crippen molar-refractivity contribution in [2.75, 3.05) is 19.7 Å². The van der Waals surface area contributed by atoms with E-state index in [1.165, 1.54) is 18.3 Å². The topological polar surface area (TPSA) is 79.5 Å². The Labute approximate surface area is 116 Å². The highest BCUT2D eigenvalue weighted by Crippen LogP contribution is 2.15. The normalized spacial score (nSPS) is 15.9. The lowest BCUT2D eigenvalue weighted by molar-refractivity contribution is -0.135. The number of esters is 1. The molecule has 0 atom stereocenters. The number of ether oxygens (including phenoxy) is 1. The lowest BCUT2D eigenvalue weighted by Crippen LogP contribution is -2.40. The first-order valence-corrected chi connectivity index (χ1v) is 6.70. The van der Waals surface area contributed by atoms with Crippen molar-refractivity contribution in [3.63, 3.8) is 0 Å². The number of aromatic amines is 1. The van der Waals surface area contributed by atoms with E-state index in [2.05, 4.69) is 11.9 Å². The number of hydrogen-bond donors (Lipinski definition) is 1. The number of carbonyl (C=O) groups excluding carboxylic acids is 2. The van der Waals surface area contributed by atoms with Crippen LogP contribution in [0.25, 0.3) is 0 Å². The largest absolute Gasteiger partial charge is 0.452 e. The van der Waals surface area contributed by atoms with Gasteiger partial charge in [-0.3, -0.25) is 9.59 Å².